The lowest BCUT2D eigenvalue weighted by Crippen LogP contribution is -2.48. The van der Waals surface area contributed by atoms with E-state index in [4.69, 9.17) is 4.74 Å². The number of nitrogens with one attached hydrogen (secondary N) is 1. The quantitative estimate of drug-likeness (QED) is 0.850. The number of rotatable bonds is 4. The summed E-state index contributed by atoms with van der Waals surface area (Å²) in [4.78, 5) is 0. The van der Waals surface area contributed by atoms with E-state index in [1.165, 1.54) is 5.56 Å². The minimum atomic E-state index is 0.177. The standard InChI is InChI=1S/C12H19NOS/c1-10-12(2,5-7-14-10)13-6-3-11-4-8-15-9-11/h4,8-10,13H,3,5-7H2,1-2H3. The zero-order valence-electron chi connectivity index (χ0n) is 9.45. The first-order chi connectivity index (χ1) is 7.21. The zero-order chi connectivity index (χ0) is 10.7. The summed E-state index contributed by atoms with van der Waals surface area (Å²) in [5, 5.41) is 7.98. The van der Waals surface area contributed by atoms with Crippen molar-refractivity contribution in [1.82, 2.24) is 5.32 Å². The molecule has 2 heterocycles. The second-order valence-corrected chi connectivity index (χ2v) is 5.27. The molecule has 0 bridgehead atoms. The van der Waals surface area contributed by atoms with E-state index in [9.17, 15) is 0 Å². The van der Waals surface area contributed by atoms with Gasteiger partial charge in [0.1, 0.15) is 0 Å². The summed E-state index contributed by atoms with van der Waals surface area (Å²) >= 11 is 1.77. The van der Waals surface area contributed by atoms with Crippen LogP contribution in [0, 0.1) is 0 Å². The second-order valence-electron chi connectivity index (χ2n) is 4.49. The van der Waals surface area contributed by atoms with E-state index in [0.29, 0.717) is 6.10 Å². The van der Waals surface area contributed by atoms with Crippen molar-refractivity contribution in [2.45, 2.75) is 38.3 Å². The maximum atomic E-state index is 5.60. The molecule has 0 spiro atoms. The Morgan fingerprint density at radius 2 is 2.53 bits per heavy atom. The van der Waals surface area contributed by atoms with Crippen LogP contribution < -0.4 is 5.32 Å². The van der Waals surface area contributed by atoms with Crippen LogP contribution in [0.5, 0.6) is 0 Å². The topological polar surface area (TPSA) is 21.3 Å². The molecule has 2 rings (SSSR count). The highest BCUT2D eigenvalue weighted by Gasteiger charge is 2.35. The summed E-state index contributed by atoms with van der Waals surface area (Å²) in [7, 11) is 0. The molecule has 2 atom stereocenters. The molecule has 1 aliphatic rings. The largest absolute Gasteiger partial charge is 0.377 e. The molecule has 1 aromatic rings. The van der Waals surface area contributed by atoms with Gasteiger partial charge >= 0.3 is 0 Å². The Morgan fingerprint density at radius 1 is 1.67 bits per heavy atom. The maximum Gasteiger partial charge on any atom is 0.0726 e. The molecule has 84 valence electrons. The van der Waals surface area contributed by atoms with Crippen molar-refractivity contribution in [1.29, 1.82) is 0 Å². The molecule has 1 aliphatic heterocycles. The molecule has 2 nitrogen and oxygen atoms in total. The van der Waals surface area contributed by atoms with Crippen LogP contribution in [0.1, 0.15) is 25.8 Å². The Morgan fingerprint density at radius 3 is 3.13 bits per heavy atom. The Kier molecular flexibility index (Phi) is 3.44. The summed E-state index contributed by atoms with van der Waals surface area (Å²) in [6, 6.07) is 2.20. The van der Waals surface area contributed by atoms with Gasteiger partial charge in [-0.15, -0.1) is 0 Å². The van der Waals surface area contributed by atoms with Crippen molar-refractivity contribution in [3.05, 3.63) is 22.4 Å². The molecule has 1 aromatic heterocycles. The monoisotopic (exact) mass is 225 g/mol. The third kappa shape index (κ3) is 2.60. The minimum Gasteiger partial charge on any atom is -0.377 e. The van der Waals surface area contributed by atoms with Gasteiger partial charge in [-0.3, -0.25) is 0 Å². The van der Waals surface area contributed by atoms with Gasteiger partial charge in [0, 0.05) is 12.1 Å². The molecule has 0 radical (unpaired) electrons. The summed E-state index contributed by atoms with van der Waals surface area (Å²) in [5.74, 6) is 0. The van der Waals surface area contributed by atoms with Crippen molar-refractivity contribution in [2.24, 2.45) is 0 Å². The van der Waals surface area contributed by atoms with Crippen molar-refractivity contribution >= 4 is 11.3 Å². The molecule has 0 aliphatic carbocycles. The molecule has 1 fully saturated rings. The first-order valence-corrected chi connectivity index (χ1v) is 6.53. The van der Waals surface area contributed by atoms with Crippen LogP contribution in [0.25, 0.3) is 0 Å². The van der Waals surface area contributed by atoms with Crippen LogP contribution in [0.2, 0.25) is 0 Å². The summed E-state index contributed by atoms with van der Waals surface area (Å²) < 4.78 is 5.60. The van der Waals surface area contributed by atoms with E-state index < -0.39 is 0 Å². The van der Waals surface area contributed by atoms with Crippen LogP contribution in [0.15, 0.2) is 16.8 Å². The number of hydrogen-bond acceptors (Lipinski definition) is 3. The first-order valence-electron chi connectivity index (χ1n) is 5.58. The number of ether oxygens (including phenoxy) is 1. The lowest BCUT2D eigenvalue weighted by molar-refractivity contribution is 0.0890. The van der Waals surface area contributed by atoms with Crippen molar-refractivity contribution in [3.8, 4) is 0 Å². The molecule has 15 heavy (non-hydrogen) atoms. The van der Waals surface area contributed by atoms with Crippen LogP contribution in [-0.2, 0) is 11.2 Å². The summed E-state index contributed by atoms with van der Waals surface area (Å²) in [6.07, 6.45) is 2.57. The van der Waals surface area contributed by atoms with E-state index in [1.54, 1.807) is 11.3 Å². The fraction of sp³-hybridized carbons (Fsp3) is 0.667. The molecule has 0 aromatic carbocycles. The summed E-state index contributed by atoms with van der Waals surface area (Å²) in [5.41, 5.74) is 1.61. The van der Waals surface area contributed by atoms with Gasteiger partial charge in [-0.25, -0.2) is 0 Å². The fourth-order valence-electron chi connectivity index (χ4n) is 1.99. The molecule has 2 unspecified atom stereocenters. The first kappa shape index (κ1) is 11.1. The van der Waals surface area contributed by atoms with E-state index in [2.05, 4.69) is 36.0 Å². The Balaban J connectivity index is 1.78. The molecule has 3 heteroatoms. The Labute approximate surface area is 95.6 Å². The third-order valence-electron chi connectivity index (χ3n) is 3.41. The lowest BCUT2D eigenvalue weighted by atomic mass is 9.94. The molecule has 1 saturated heterocycles. The van der Waals surface area contributed by atoms with Crippen LogP contribution in [0.3, 0.4) is 0 Å². The van der Waals surface area contributed by atoms with Crippen LogP contribution in [-0.4, -0.2) is 24.8 Å². The minimum absolute atomic E-state index is 0.177. The lowest BCUT2D eigenvalue weighted by Gasteiger charge is -2.29. The average molecular weight is 225 g/mol. The highest BCUT2D eigenvalue weighted by molar-refractivity contribution is 7.07. The zero-order valence-corrected chi connectivity index (χ0v) is 10.3. The van der Waals surface area contributed by atoms with Gasteiger partial charge in [0.25, 0.3) is 0 Å². The van der Waals surface area contributed by atoms with Crippen molar-refractivity contribution in [3.63, 3.8) is 0 Å². The van der Waals surface area contributed by atoms with E-state index in [1.807, 2.05) is 0 Å². The third-order valence-corrected chi connectivity index (χ3v) is 4.14. The SMILES string of the molecule is CC1OCCC1(C)NCCc1ccsc1. The molecule has 0 saturated carbocycles. The van der Waals surface area contributed by atoms with Gasteiger partial charge in [-0.05, 0) is 55.6 Å². The molecule has 1 N–H and O–H groups in total. The van der Waals surface area contributed by atoms with E-state index in [0.717, 1.165) is 26.0 Å². The normalized spacial score (nSPS) is 30.9. The molecular weight excluding hydrogens is 206 g/mol. The van der Waals surface area contributed by atoms with Gasteiger partial charge in [0.15, 0.2) is 0 Å². The van der Waals surface area contributed by atoms with Crippen LogP contribution in [0.4, 0.5) is 0 Å². The highest BCUT2D eigenvalue weighted by atomic mass is 32.1. The average Bonchev–Trinajstić information content (AvgIpc) is 2.79. The van der Waals surface area contributed by atoms with Gasteiger partial charge < -0.3 is 10.1 Å². The fourth-order valence-corrected chi connectivity index (χ4v) is 2.70. The maximum absolute atomic E-state index is 5.60. The molecular formula is C12H19NOS. The smallest absolute Gasteiger partial charge is 0.0726 e. The Bertz CT molecular complexity index is 299. The highest BCUT2D eigenvalue weighted by Crippen LogP contribution is 2.24. The predicted octanol–water partition coefficient (Wildman–Crippen LogP) is 2.45. The van der Waals surface area contributed by atoms with Crippen molar-refractivity contribution in [2.75, 3.05) is 13.2 Å². The number of hydrogen-bond donors (Lipinski definition) is 1. The second kappa shape index (κ2) is 4.64. The van der Waals surface area contributed by atoms with Gasteiger partial charge in [0.05, 0.1) is 6.10 Å². The summed E-state index contributed by atoms with van der Waals surface area (Å²) in [6.45, 7) is 6.35. The van der Waals surface area contributed by atoms with Gasteiger partial charge in [-0.1, -0.05) is 0 Å². The van der Waals surface area contributed by atoms with Gasteiger partial charge in [0.2, 0.25) is 0 Å². The van der Waals surface area contributed by atoms with Crippen LogP contribution >= 0.6 is 11.3 Å². The molecule has 0 amide bonds. The van der Waals surface area contributed by atoms with E-state index in [-0.39, 0.29) is 5.54 Å². The number of thiophene rings is 1. The van der Waals surface area contributed by atoms with Crippen molar-refractivity contribution < 1.29 is 4.74 Å². The van der Waals surface area contributed by atoms with Gasteiger partial charge in [-0.2, -0.15) is 11.3 Å². The van der Waals surface area contributed by atoms with E-state index >= 15 is 0 Å². The predicted molar refractivity (Wildman–Crippen MR) is 64.5 cm³/mol. The Hall–Kier alpha value is -0.380.